The van der Waals surface area contributed by atoms with Crippen LogP contribution < -0.4 is 5.32 Å². The van der Waals surface area contributed by atoms with Gasteiger partial charge in [0, 0.05) is 13.1 Å². The van der Waals surface area contributed by atoms with Gasteiger partial charge in [0.25, 0.3) is 0 Å². The van der Waals surface area contributed by atoms with E-state index in [0.717, 1.165) is 6.42 Å². The summed E-state index contributed by atoms with van der Waals surface area (Å²) in [5.74, 6) is 0.571. The fourth-order valence-corrected chi connectivity index (χ4v) is 3.57. The minimum absolute atomic E-state index is 0.0550. The van der Waals surface area contributed by atoms with Gasteiger partial charge in [-0.15, -0.1) is 0 Å². The highest BCUT2D eigenvalue weighted by molar-refractivity contribution is 5.75. The number of amides is 2. The number of nitrogens with one attached hydrogen (secondary N) is 1. The van der Waals surface area contributed by atoms with Crippen molar-refractivity contribution in [2.45, 2.75) is 57.8 Å². The van der Waals surface area contributed by atoms with Crippen molar-refractivity contribution in [2.75, 3.05) is 13.1 Å². The lowest BCUT2D eigenvalue weighted by atomic mass is 9.77. The average Bonchev–Trinajstić information content (AvgIpc) is 2.52. The SMILES string of the molecule is CC[C@@H]1CN(C(=O)N[C@@H](c2ccccc2)C2CCC2)C[C@@H](C)O1. The van der Waals surface area contributed by atoms with Crippen molar-refractivity contribution in [1.29, 1.82) is 0 Å². The highest BCUT2D eigenvalue weighted by Crippen LogP contribution is 2.37. The van der Waals surface area contributed by atoms with Crippen LogP contribution in [0.4, 0.5) is 4.79 Å². The Hall–Kier alpha value is -1.55. The quantitative estimate of drug-likeness (QED) is 0.919. The second kappa shape index (κ2) is 7.35. The Kier molecular flexibility index (Phi) is 5.21. The molecular weight excluding hydrogens is 288 g/mol. The van der Waals surface area contributed by atoms with Gasteiger partial charge in [-0.2, -0.15) is 0 Å². The maximum absolute atomic E-state index is 12.8. The number of morpholine rings is 1. The molecule has 0 unspecified atom stereocenters. The minimum atomic E-state index is 0.0550. The molecule has 1 aromatic rings. The molecule has 1 aliphatic heterocycles. The van der Waals surface area contributed by atoms with Crippen LogP contribution in [0.3, 0.4) is 0 Å². The summed E-state index contributed by atoms with van der Waals surface area (Å²) >= 11 is 0. The van der Waals surface area contributed by atoms with Gasteiger partial charge in [-0.05, 0) is 37.7 Å². The summed E-state index contributed by atoms with van der Waals surface area (Å²) < 4.78 is 5.86. The second-order valence-electron chi connectivity index (χ2n) is 6.91. The van der Waals surface area contributed by atoms with Crippen LogP contribution in [0.15, 0.2) is 30.3 Å². The number of ether oxygens (including phenoxy) is 1. The summed E-state index contributed by atoms with van der Waals surface area (Å²) in [5.41, 5.74) is 1.22. The average molecular weight is 316 g/mol. The topological polar surface area (TPSA) is 41.6 Å². The van der Waals surface area contributed by atoms with E-state index in [1.807, 2.05) is 17.9 Å². The molecule has 126 valence electrons. The molecule has 1 aromatic carbocycles. The van der Waals surface area contributed by atoms with Gasteiger partial charge in [0.15, 0.2) is 0 Å². The van der Waals surface area contributed by atoms with Gasteiger partial charge in [-0.3, -0.25) is 0 Å². The van der Waals surface area contributed by atoms with E-state index in [1.165, 1.54) is 24.8 Å². The zero-order valence-corrected chi connectivity index (χ0v) is 14.2. The van der Waals surface area contributed by atoms with E-state index >= 15 is 0 Å². The van der Waals surface area contributed by atoms with Crippen LogP contribution in [0.5, 0.6) is 0 Å². The largest absolute Gasteiger partial charge is 0.372 e. The maximum Gasteiger partial charge on any atom is 0.318 e. The number of hydrogen-bond donors (Lipinski definition) is 1. The zero-order chi connectivity index (χ0) is 16.2. The van der Waals surface area contributed by atoms with Crippen molar-refractivity contribution < 1.29 is 9.53 Å². The summed E-state index contributed by atoms with van der Waals surface area (Å²) in [7, 11) is 0. The van der Waals surface area contributed by atoms with Gasteiger partial charge in [0.1, 0.15) is 0 Å². The molecule has 0 spiro atoms. The van der Waals surface area contributed by atoms with Crippen LogP contribution in [0.1, 0.15) is 51.1 Å². The first-order chi connectivity index (χ1) is 11.2. The highest BCUT2D eigenvalue weighted by atomic mass is 16.5. The summed E-state index contributed by atoms with van der Waals surface area (Å²) in [6, 6.07) is 10.6. The third kappa shape index (κ3) is 3.86. The van der Waals surface area contributed by atoms with Gasteiger partial charge in [0.2, 0.25) is 0 Å². The molecule has 1 heterocycles. The number of hydrogen-bond acceptors (Lipinski definition) is 2. The lowest BCUT2D eigenvalue weighted by Crippen LogP contribution is -2.53. The van der Waals surface area contributed by atoms with Crippen LogP contribution >= 0.6 is 0 Å². The fraction of sp³-hybridized carbons (Fsp3) is 0.632. The summed E-state index contributed by atoms with van der Waals surface area (Å²) in [5, 5.41) is 3.30. The number of carbonyl (C=O) groups excluding carboxylic acids is 1. The molecule has 0 bridgehead atoms. The predicted octanol–water partition coefficient (Wildman–Crippen LogP) is 3.74. The maximum atomic E-state index is 12.8. The molecule has 2 amide bonds. The smallest absolute Gasteiger partial charge is 0.318 e. The Morgan fingerprint density at radius 3 is 2.65 bits per heavy atom. The third-order valence-corrected chi connectivity index (χ3v) is 5.13. The van der Waals surface area contributed by atoms with Crippen molar-refractivity contribution in [3.63, 3.8) is 0 Å². The molecule has 0 aromatic heterocycles. The van der Waals surface area contributed by atoms with Crippen molar-refractivity contribution in [3.8, 4) is 0 Å². The number of benzene rings is 1. The molecule has 1 saturated heterocycles. The van der Waals surface area contributed by atoms with Crippen molar-refractivity contribution in [2.24, 2.45) is 5.92 Å². The van der Waals surface area contributed by atoms with E-state index in [9.17, 15) is 4.79 Å². The van der Waals surface area contributed by atoms with Crippen molar-refractivity contribution >= 4 is 6.03 Å². The van der Waals surface area contributed by atoms with Crippen molar-refractivity contribution in [3.05, 3.63) is 35.9 Å². The normalized spacial score (nSPS) is 26.4. The van der Waals surface area contributed by atoms with Crippen LogP contribution in [0.25, 0.3) is 0 Å². The molecule has 1 saturated carbocycles. The first kappa shape index (κ1) is 16.3. The molecule has 4 nitrogen and oxygen atoms in total. The van der Waals surface area contributed by atoms with Crippen LogP contribution in [-0.2, 0) is 4.74 Å². The van der Waals surface area contributed by atoms with E-state index in [-0.39, 0.29) is 24.3 Å². The molecule has 0 radical (unpaired) electrons. The number of carbonyl (C=O) groups is 1. The Balaban J connectivity index is 1.68. The standard InChI is InChI=1S/C19H28N2O2/c1-3-17-13-21(12-14(2)23-17)19(22)20-18(16-10-7-11-16)15-8-5-4-6-9-15/h4-6,8-9,14,16-18H,3,7,10-13H2,1-2H3,(H,20,22)/t14-,17-,18+/m1/s1. The predicted molar refractivity (Wildman–Crippen MR) is 91.3 cm³/mol. The molecule has 2 fully saturated rings. The molecule has 3 atom stereocenters. The Morgan fingerprint density at radius 1 is 1.30 bits per heavy atom. The molecule has 3 rings (SSSR count). The summed E-state index contributed by atoms with van der Waals surface area (Å²) in [6.45, 7) is 5.52. The molecule has 23 heavy (non-hydrogen) atoms. The Bertz CT molecular complexity index is 515. The molecule has 1 N–H and O–H groups in total. The van der Waals surface area contributed by atoms with E-state index in [2.05, 4.69) is 36.5 Å². The first-order valence-corrected chi connectivity index (χ1v) is 8.93. The van der Waals surface area contributed by atoms with E-state index in [1.54, 1.807) is 0 Å². The van der Waals surface area contributed by atoms with Crippen LogP contribution in [0, 0.1) is 5.92 Å². The zero-order valence-electron chi connectivity index (χ0n) is 14.2. The molecule has 1 aliphatic carbocycles. The first-order valence-electron chi connectivity index (χ1n) is 8.93. The van der Waals surface area contributed by atoms with Gasteiger partial charge < -0.3 is 15.0 Å². The third-order valence-electron chi connectivity index (χ3n) is 5.13. The second-order valence-corrected chi connectivity index (χ2v) is 6.91. The van der Waals surface area contributed by atoms with E-state index in [0.29, 0.717) is 19.0 Å². The van der Waals surface area contributed by atoms with E-state index < -0.39 is 0 Å². The van der Waals surface area contributed by atoms with Crippen LogP contribution in [0.2, 0.25) is 0 Å². The number of nitrogens with zero attached hydrogens (tertiary/aromatic N) is 1. The van der Waals surface area contributed by atoms with E-state index in [4.69, 9.17) is 4.74 Å². The van der Waals surface area contributed by atoms with Crippen molar-refractivity contribution in [1.82, 2.24) is 10.2 Å². The monoisotopic (exact) mass is 316 g/mol. The summed E-state index contributed by atoms with van der Waals surface area (Å²) in [4.78, 5) is 14.7. The lowest BCUT2D eigenvalue weighted by molar-refractivity contribution is -0.0651. The van der Waals surface area contributed by atoms with Gasteiger partial charge in [-0.25, -0.2) is 4.79 Å². The molecular formula is C19H28N2O2. The minimum Gasteiger partial charge on any atom is -0.372 e. The lowest BCUT2D eigenvalue weighted by Gasteiger charge is -2.39. The number of rotatable bonds is 4. The number of urea groups is 1. The summed E-state index contributed by atoms with van der Waals surface area (Å²) in [6.07, 6.45) is 4.89. The fourth-order valence-electron chi connectivity index (χ4n) is 3.57. The molecule has 2 aliphatic rings. The van der Waals surface area contributed by atoms with Gasteiger partial charge in [-0.1, -0.05) is 43.7 Å². The van der Waals surface area contributed by atoms with Gasteiger partial charge in [0.05, 0.1) is 18.2 Å². The van der Waals surface area contributed by atoms with Crippen LogP contribution in [-0.4, -0.2) is 36.2 Å². The highest BCUT2D eigenvalue weighted by Gasteiger charge is 2.33. The Morgan fingerprint density at radius 2 is 2.04 bits per heavy atom. The van der Waals surface area contributed by atoms with Gasteiger partial charge >= 0.3 is 6.03 Å². The Labute approximate surface area is 139 Å². The molecule has 4 heteroatoms.